The average Bonchev–Trinajstić information content (AvgIpc) is 3.19. The van der Waals surface area contributed by atoms with Gasteiger partial charge in [-0.1, -0.05) is 24.3 Å². The van der Waals surface area contributed by atoms with Crippen molar-refractivity contribution >= 4 is 17.5 Å². The molecule has 0 bridgehead atoms. The molecule has 164 valence electrons. The zero-order chi connectivity index (χ0) is 22.0. The molecule has 2 aliphatic rings. The van der Waals surface area contributed by atoms with Crippen LogP contribution in [0.15, 0.2) is 42.5 Å². The standard InChI is InChI=1S/C24H28N2O5/c1-25(15-22-19-7-5-4-6-16(19)10-11-31-22)24(28)17-12-23(27)26(14-17)20-9-8-18(29-2)13-21(20)30-3/h4-9,13,17,22H,10-12,14-15H2,1-3H3. The quantitative estimate of drug-likeness (QED) is 0.713. The van der Waals surface area contributed by atoms with E-state index in [1.807, 2.05) is 12.1 Å². The van der Waals surface area contributed by atoms with Crippen LogP contribution in [0.5, 0.6) is 11.5 Å². The SMILES string of the molecule is COc1ccc(N2CC(C(=O)N(C)CC3OCCc4ccccc43)CC2=O)c(OC)c1. The molecule has 31 heavy (non-hydrogen) atoms. The van der Waals surface area contributed by atoms with Crippen LogP contribution >= 0.6 is 0 Å². The van der Waals surface area contributed by atoms with Gasteiger partial charge in [0.2, 0.25) is 11.8 Å². The van der Waals surface area contributed by atoms with Gasteiger partial charge in [-0.3, -0.25) is 9.59 Å². The molecule has 0 radical (unpaired) electrons. The first-order valence-corrected chi connectivity index (χ1v) is 10.5. The number of ether oxygens (including phenoxy) is 3. The fourth-order valence-electron chi connectivity index (χ4n) is 4.39. The summed E-state index contributed by atoms with van der Waals surface area (Å²) in [6.45, 7) is 1.44. The smallest absolute Gasteiger partial charge is 0.227 e. The number of carbonyl (C=O) groups excluding carboxylic acids is 2. The number of fused-ring (bicyclic) bond motifs is 1. The van der Waals surface area contributed by atoms with Gasteiger partial charge in [-0.05, 0) is 29.7 Å². The van der Waals surface area contributed by atoms with Crippen LogP contribution in [-0.2, 0) is 20.7 Å². The molecule has 7 heteroatoms. The normalized spacial score (nSPS) is 20.4. The van der Waals surface area contributed by atoms with E-state index in [-0.39, 0.29) is 24.3 Å². The molecular formula is C24H28N2O5. The third-order valence-electron chi connectivity index (χ3n) is 6.06. The van der Waals surface area contributed by atoms with Crippen LogP contribution in [0.4, 0.5) is 5.69 Å². The van der Waals surface area contributed by atoms with Crippen molar-refractivity contribution in [2.75, 3.05) is 45.9 Å². The number of anilines is 1. The van der Waals surface area contributed by atoms with Gasteiger partial charge in [0.1, 0.15) is 17.6 Å². The maximum atomic E-state index is 13.1. The zero-order valence-electron chi connectivity index (χ0n) is 18.2. The van der Waals surface area contributed by atoms with Crippen molar-refractivity contribution in [1.82, 2.24) is 4.90 Å². The summed E-state index contributed by atoms with van der Waals surface area (Å²) in [5, 5.41) is 0. The Morgan fingerprint density at radius 2 is 2.00 bits per heavy atom. The maximum Gasteiger partial charge on any atom is 0.227 e. The number of hydrogen-bond acceptors (Lipinski definition) is 5. The average molecular weight is 424 g/mol. The second-order valence-electron chi connectivity index (χ2n) is 7.97. The Morgan fingerprint density at radius 3 is 2.77 bits per heavy atom. The van der Waals surface area contributed by atoms with E-state index in [4.69, 9.17) is 14.2 Å². The lowest BCUT2D eigenvalue weighted by Crippen LogP contribution is -2.38. The van der Waals surface area contributed by atoms with E-state index in [2.05, 4.69) is 12.1 Å². The highest BCUT2D eigenvalue weighted by molar-refractivity contribution is 6.01. The Labute approximate surface area is 182 Å². The summed E-state index contributed by atoms with van der Waals surface area (Å²) in [7, 11) is 4.91. The van der Waals surface area contributed by atoms with Gasteiger partial charge in [-0.25, -0.2) is 0 Å². The van der Waals surface area contributed by atoms with Crippen LogP contribution in [0, 0.1) is 5.92 Å². The summed E-state index contributed by atoms with van der Waals surface area (Å²) >= 11 is 0. The Bertz CT molecular complexity index is 976. The number of rotatable bonds is 6. The van der Waals surface area contributed by atoms with Crippen molar-refractivity contribution in [3.8, 4) is 11.5 Å². The van der Waals surface area contributed by atoms with Crippen molar-refractivity contribution in [3.63, 3.8) is 0 Å². The molecule has 1 saturated heterocycles. The van der Waals surface area contributed by atoms with Gasteiger partial charge in [0.25, 0.3) is 0 Å². The Morgan fingerprint density at radius 1 is 1.19 bits per heavy atom. The zero-order valence-corrected chi connectivity index (χ0v) is 18.2. The minimum atomic E-state index is -0.400. The van der Waals surface area contributed by atoms with Crippen molar-refractivity contribution in [1.29, 1.82) is 0 Å². The fourth-order valence-corrected chi connectivity index (χ4v) is 4.39. The van der Waals surface area contributed by atoms with Gasteiger partial charge in [-0.15, -0.1) is 0 Å². The molecule has 2 aromatic carbocycles. The predicted octanol–water partition coefficient (Wildman–Crippen LogP) is 2.83. The van der Waals surface area contributed by atoms with Gasteiger partial charge in [-0.2, -0.15) is 0 Å². The van der Waals surface area contributed by atoms with E-state index >= 15 is 0 Å². The van der Waals surface area contributed by atoms with E-state index in [0.717, 1.165) is 12.0 Å². The van der Waals surface area contributed by atoms with E-state index in [9.17, 15) is 9.59 Å². The predicted molar refractivity (Wildman–Crippen MR) is 116 cm³/mol. The van der Waals surface area contributed by atoms with Gasteiger partial charge >= 0.3 is 0 Å². The summed E-state index contributed by atoms with van der Waals surface area (Å²) in [6.07, 6.45) is 0.925. The summed E-state index contributed by atoms with van der Waals surface area (Å²) in [5.74, 6) is 0.654. The van der Waals surface area contributed by atoms with Crippen LogP contribution in [0.1, 0.15) is 23.7 Å². The van der Waals surface area contributed by atoms with Crippen molar-refractivity contribution < 1.29 is 23.8 Å². The third-order valence-corrected chi connectivity index (χ3v) is 6.06. The molecule has 4 rings (SSSR count). The highest BCUT2D eigenvalue weighted by atomic mass is 16.5. The lowest BCUT2D eigenvalue weighted by Gasteiger charge is -2.30. The molecule has 0 aromatic heterocycles. The van der Waals surface area contributed by atoms with Crippen LogP contribution in [0.3, 0.4) is 0 Å². The van der Waals surface area contributed by atoms with Crippen LogP contribution in [-0.4, -0.2) is 57.7 Å². The highest BCUT2D eigenvalue weighted by Gasteiger charge is 2.38. The number of amides is 2. The van der Waals surface area contributed by atoms with Crippen molar-refractivity contribution in [2.24, 2.45) is 5.92 Å². The lowest BCUT2D eigenvalue weighted by molar-refractivity contribution is -0.136. The second-order valence-corrected chi connectivity index (χ2v) is 7.97. The summed E-state index contributed by atoms with van der Waals surface area (Å²) in [4.78, 5) is 29.2. The molecule has 2 aliphatic heterocycles. The number of benzene rings is 2. The second kappa shape index (κ2) is 8.98. The van der Waals surface area contributed by atoms with E-state index in [1.165, 1.54) is 5.56 Å². The van der Waals surface area contributed by atoms with Gasteiger partial charge in [0, 0.05) is 26.1 Å². The van der Waals surface area contributed by atoms with Gasteiger partial charge in [0.15, 0.2) is 0 Å². The van der Waals surface area contributed by atoms with E-state index in [1.54, 1.807) is 49.3 Å². The van der Waals surface area contributed by atoms with Crippen LogP contribution in [0.25, 0.3) is 0 Å². The first-order valence-electron chi connectivity index (χ1n) is 10.5. The molecule has 0 spiro atoms. The van der Waals surface area contributed by atoms with Crippen molar-refractivity contribution in [3.05, 3.63) is 53.6 Å². The van der Waals surface area contributed by atoms with Crippen LogP contribution < -0.4 is 14.4 Å². The molecule has 0 N–H and O–H groups in total. The molecule has 2 aromatic rings. The molecule has 2 atom stereocenters. The topological polar surface area (TPSA) is 68.3 Å². The largest absolute Gasteiger partial charge is 0.497 e. The van der Waals surface area contributed by atoms with E-state index < -0.39 is 5.92 Å². The number of hydrogen-bond donors (Lipinski definition) is 0. The van der Waals surface area contributed by atoms with Crippen molar-refractivity contribution in [2.45, 2.75) is 18.9 Å². The molecule has 2 heterocycles. The molecule has 0 aliphatic carbocycles. The number of methoxy groups -OCH3 is 2. The van der Waals surface area contributed by atoms with Gasteiger partial charge < -0.3 is 24.0 Å². The Balaban J connectivity index is 1.45. The monoisotopic (exact) mass is 424 g/mol. The van der Waals surface area contributed by atoms with Crippen LogP contribution in [0.2, 0.25) is 0 Å². The minimum Gasteiger partial charge on any atom is -0.497 e. The Hall–Kier alpha value is -3.06. The first kappa shape index (κ1) is 21.2. The molecule has 2 unspecified atom stereocenters. The fraction of sp³-hybridized carbons (Fsp3) is 0.417. The Kier molecular flexibility index (Phi) is 6.13. The first-order chi connectivity index (χ1) is 15.0. The molecule has 2 amide bonds. The molecule has 7 nitrogen and oxygen atoms in total. The third kappa shape index (κ3) is 4.23. The minimum absolute atomic E-state index is 0.0463. The number of carbonyl (C=O) groups is 2. The number of likely N-dealkylation sites (N-methyl/N-ethyl adjacent to an activating group) is 1. The molecule has 1 fully saturated rings. The summed E-state index contributed by atoms with van der Waals surface area (Å²) in [6, 6.07) is 13.5. The number of nitrogens with zero attached hydrogens (tertiary/aromatic N) is 2. The lowest BCUT2D eigenvalue weighted by atomic mass is 9.97. The summed E-state index contributed by atoms with van der Waals surface area (Å²) < 4.78 is 16.6. The molecule has 0 saturated carbocycles. The summed E-state index contributed by atoms with van der Waals surface area (Å²) in [5.41, 5.74) is 3.06. The highest BCUT2D eigenvalue weighted by Crippen LogP contribution is 2.36. The molecular weight excluding hydrogens is 396 g/mol. The maximum absolute atomic E-state index is 13.1. The van der Waals surface area contributed by atoms with E-state index in [0.29, 0.717) is 36.9 Å². The van der Waals surface area contributed by atoms with Gasteiger partial charge in [0.05, 0.1) is 39.0 Å².